The van der Waals surface area contributed by atoms with Crippen LogP contribution in [0.15, 0.2) is 18.2 Å². The van der Waals surface area contributed by atoms with Gasteiger partial charge in [0.05, 0.1) is 15.9 Å². The molecule has 1 atom stereocenters. The van der Waals surface area contributed by atoms with E-state index in [1.54, 1.807) is 0 Å². The topological polar surface area (TPSA) is 86.3 Å². The lowest BCUT2D eigenvalue weighted by Crippen LogP contribution is -2.03. The van der Waals surface area contributed by atoms with Gasteiger partial charge >= 0.3 is 0 Å². The molecule has 1 unspecified atom stereocenters. The first kappa shape index (κ1) is 15.4. The summed E-state index contributed by atoms with van der Waals surface area (Å²) in [6.45, 7) is 2.02. The minimum Gasteiger partial charge on any atom is -0.258 e. The van der Waals surface area contributed by atoms with Crippen LogP contribution in [-0.4, -0.2) is 15.2 Å². The highest BCUT2D eigenvalue weighted by Gasteiger charge is 2.19. The van der Waals surface area contributed by atoms with Crippen LogP contribution in [0.4, 0.5) is 11.4 Å². The Morgan fingerprint density at radius 3 is 2.42 bits per heavy atom. The minimum atomic E-state index is -0.641. The number of nitrogens with zero attached hydrogens (tertiary/aromatic N) is 2. The number of benzene rings is 1. The lowest BCUT2D eigenvalue weighted by molar-refractivity contribution is -0.394. The molecule has 0 aliphatic carbocycles. The van der Waals surface area contributed by atoms with Gasteiger partial charge in [-0.15, -0.1) is 11.6 Å². The molecule has 104 valence electrons. The summed E-state index contributed by atoms with van der Waals surface area (Å²) < 4.78 is 0. The fraction of sp³-hybridized carbons (Fsp3) is 0.500. The van der Waals surface area contributed by atoms with Crippen LogP contribution in [-0.2, 0) is 6.42 Å². The summed E-state index contributed by atoms with van der Waals surface area (Å²) in [5, 5.41) is 21.5. The van der Waals surface area contributed by atoms with Gasteiger partial charge in [-0.1, -0.05) is 13.3 Å². The number of hydrogen-bond donors (Lipinski definition) is 0. The Morgan fingerprint density at radius 2 is 1.89 bits per heavy atom. The van der Waals surface area contributed by atoms with Crippen molar-refractivity contribution in [2.24, 2.45) is 0 Å². The van der Waals surface area contributed by atoms with Gasteiger partial charge in [0.15, 0.2) is 0 Å². The van der Waals surface area contributed by atoms with Crippen LogP contribution < -0.4 is 0 Å². The number of rotatable bonds is 7. The Labute approximate surface area is 115 Å². The Balaban J connectivity index is 2.88. The number of nitro benzene ring substituents is 2. The van der Waals surface area contributed by atoms with Crippen molar-refractivity contribution in [2.75, 3.05) is 0 Å². The highest BCUT2D eigenvalue weighted by Crippen LogP contribution is 2.26. The van der Waals surface area contributed by atoms with Gasteiger partial charge in [-0.25, -0.2) is 0 Å². The van der Waals surface area contributed by atoms with Crippen molar-refractivity contribution in [1.82, 2.24) is 0 Å². The third-order valence-electron chi connectivity index (χ3n) is 2.81. The molecule has 0 fully saturated rings. The Bertz CT molecular complexity index is 479. The van der Waals surface area contributed by atoms with E-state index in [1.165, 1.54) is 12.1 Å². The van der Waals surface area contributed by atoms with Crippen molar-refractivity contribution >= 4 is 23.0 Å². The van der Waals surface area contributed by atoms with Crippen LogP contribution in [0.1, 0.15) is 31.7 Å². The molecule has 6 nitrogen and oxygen atoms in total. The predicted molar refractivity (Wildman–Crippen MR) is 72.6 cm³/mol. The molecule has 1 aromatic carbocycles. The first-order valence-corrected chi connectivity index (χ1v) is 6.45. The average molecular weight is 287 g/mol. The van der Waals surface area contributed by atoms with Crippen molar-refractivity contribution in [2.45, 2.75) is 38.0 Å². The van der Waals surface area contributed by atoms with E-state index in [2.05, 4.69) is 0 Å². The van der Waals surface area contributed by atoms with Crippen molar-refractivity contribution in [3.8, 4) is 0 Å². The molecule has 0 saturated heterocycles. The molecule has 0 bridgehead atoms. The quantitative estimate of drug-likeness (QED) is 0.433. The van der Waals surface area contributed by atoms with Crippen molar-refractivity contribution in [3.05, 3.63) is 44.0 Å². The maximum absolute atomic E-state index is 10.9. The minimum absolute atomic E-state index is 0.0280. The van der Waals surface area contributed by atoms with Gasteiger partial charge in [0, 0.05) is 17.0 Å². The third kappa shape index (κ3) is 4.48. The maximum atomic E-state index is 10.9. The molecule has 0 radical (unpaired) electrons. The second-order valence-corrected chi connectivity index (χ2v) is 4.87. The SMILES string of the molecule is CCCC(Cl)CCc1ccc([N+](=O)[O-])cc1[N+](=O)[O-]. The molecule has 0 spiro atoms. The Hall–Kier alpha value is -1.69. The zero-order chi connectivity index (χ0) is 14.4. The van der Waals surface area contributed by atoms with Crippen LogP contribution in [0.25, 0.3) is 0 Å². The molecule has 0 amide bonds. The molecule has 0 heterocycles. The second kappa shape index (κ2) is 7.04. The molecular formula is C12H15ClN2O4. The van der Waals surface area contributed by atoms with E-state index in [9.17, 15) is 20.2 Å². The number of hydrogen-bond acceptors (Lipinski definition) is 4. The van der Waals surface area contributed by atoms with E-state index < -0.39 is 9.85 Å². The highest BCUT2D eigenvalue weighted by molar-refractivity contribution is 6.20. The Kier molecular flexibility index (Phi) is 5.69. The molecule has 19 heavy (non-hydrogen) atoms. The van der Waals surface area contributed by atoms with Gasteiger partial charge in [-0.05, 0) is 25.3 Å². The van der Waals surface area contributed by atoms with Crippen LogP contribution in [0.3, 0.4) is 0 Å². The summed E-state index contributed by atoms with van der Waals surface area (Å²) >= 11 is 6.07. The van der Waals surface area contributed by atoms with Gasteiger partial charge in [0.25, 0.3) is 11.4 Å². The zero-order valence-electron chi connectivity index (χ0n) is 10.5. The highest BCUT2D eigenvalue weighted by atomic mass is 35.5. The van der Waals surface area contributed by atoms with Gasteiger partial charge < -0.3 is 0 Å². The number of aryl methyl sites for hydroxylation is 1. The number of non-ortho nitro benzene ring substituents is 1. The number of nitro groups is 2. The van der Waals surface area contributed by atoms with Crippen LogP contribution >= 0.6 is 11.6 Å². The molecule has 0 aromatic heterocycles. The van der Waals surface area contributed by atoms with Crippen LogP contribution in [0, 0.1) is 20.2 Å². The van der Waals surface area contributed by atoms with E-state index >= 15 is 0 Å². The third-order valence-corrected chi connectivity index (χ3v) is 3.24. The molecule has 7 heteroatoms. The Morgan fingerprint density at radius 1 is 1.21 bits per heavy atom. The van der Waals surface area contributed by atoms with Crippen molar-refractivity contribution in [3.63, 3.8) is 0 Å². The first-order chi connectivity index (χ1) is 8.95. The lowest BCUT2D eigenvalue weighted by Gasteiger charge is -2.08. The molecule has 1 aromatic rings. The van der Waals surface area contributed by atoms with E-state index in [4.69, 9.17) is 11.6 Å². The first-order valence-electron chi connectivity index (χ1n) is 6.01. The maximum Gasteiger partial charge on any atom is 0.279 e. The van der Waals surface area contributed by atoms with Gasteiger partial charge in [-0.3, -0.25) is 20.2 Å². The average Bonchev–Trinajstić information content (AvgIpc) is 2.36. The van der Waals surface area contributed by atoms with Crippen molar-refractivity contribution < 1.29 is 9.85 Å². The van der Waals surface area contributed by atoms with E-state index in [1.807, 2.05) is 6.92 Å². The predicted octanol–water partition coefficient (Wildman–Crippen LogP) is 3.84. The number of alkyl halides is 1. The zero-order valence-corrected chi connectivity index (χ0v) is 11.3. The lowest BCUT2D eigenvalue weighted by atomic mass is 10.0. The summed E-state index contributed by atoms with van der Waals surface area (Å²) in [5.74, 6) is 0. The summed E-state index contributed by atoms with van der Waals surface area (Å²) in [7, 11) is 0. The summed E-state index contributed by atoms with van der Waals surface area (Å²) in [6, 6.07) is 3.72. The smallest absolute Gasteiger partial charge is 0.258 e. The van der Waals surface area contributed by atoms with E-state index in [0.29, 0.717) is 18.4 Å². The molecule has 0 aliphatic heterocycles. The monoisotopic (exact) mass is 286 g/mol. The largest absolute Gasteiger partial charge is 0.279 e. The van der Waals surface area contributed by atoms with Gasteiger partial charge in [0.2, 0.25) is 0 Å². The van der Waals surface area contributed by atoms with E-state index in [0.717, 1.165) is 18.9 Å². The van der Waals surface area contributed by atoms with Crippen LogP contribution in [0.2, 0.25) is 0 Å². The van der Waals surface area contributed by atoms with E-state index in [-0.39, 0.29) is 16.8 Å². The summed E-state index contributed by atoms with van der Waals surface area (Å²) in [6.07, 6.45) is 2.87. The fourth-order valence-corrected chi connectivity index (χ4v) is 2.14. The summed E-state index contributed by atoms with van der Waals surface area (Å²) in [5.41, 5.74) is -0.00153. The van der Waals surface area contributed by atoms with Crippen LogP contribution in [0.5, 0.6) is 0 Å². The summed E-state index contributed by atoms with van der Waals surface area (Å²) in [4.78, 5) is 20.3. The second-order valence-electron chi connectivity index (χ2n) is 4.25. The standard InChI is InChI=1S/C12H15ClN2O4/c1-2-3-10(13)6-4-9-5-7-11(14(16)17)8-12(9)15(18)19/h5,7-8,10H,2-4,6H2,1H3. The molecular weight excluding hydrogens is 272 g/mol. The van der Waals surface area contributed by atoms with Crippen molar-refractivity contribution in [1.29, 1.82) is 0 Å². The van der Waals surface area contributed by atoms with Gasteiger partial charge in [-0.2, -0.15) is 0 Å². The molecule has 0 N–H and O–H groups in total. The molecule has 1 rings (SSSR count). The molecule has 0 saturated carbocycles. The van der Waals surface area contributed by atoms with Gasteiger partial charge in [0.1, 0.15) is 0 Å². The molecule has 0 aliphatic rings. The fourth-order valence-electron chi connectivity index (χ4n) is 1.82. The normalized spacial score (nSPS) is 12.1. The number of halogens is 1.